The van der Waals surface area contributed by atoms with Crippen LogP contribution in [0.25, 0.3) is 0 Å². The van der Waals surface area contributed by atoms with Crippen molar-refractivity contribution in [2.75, 3.05) is 10.2 Å². The summed E-state index contributed by atoms with van der Waals surface area (Å²) in [5, 5.41) is 5.11. The number of rotatable bonds is 4. The van der Waals surface area contributed by atoms with Crippen LogP contribution in [0.3, 0.4) is 0 Å². The van der Waals surface area contributed by atoms with Crippen molar-refractivity contribution < 1.29 is 14.4 Å². The van der Waals surface area contributed by atoms with E-state index in [2.05, 4.69) is 22.5 Å². The summed E-state index contributed by atoms with van der Waals surface area (Å²) in [6.07, 6.45) is 6.94. The van der Waals surface area contributed by atoms with Gasteiger partial charge in [-0.05, 0) is 36.0 Å². The van der Waals surface area contributed by atoms with E-state index in [4.69, 9.17) is 0 Å². The van der Waals surface area contributed by atoms with Crippen LogP contribution < -0.4 is 10.2 Å². The van der Waals surface area contributed by atoms with Crippen molar-refractivity contribution in [1.82, 2.24) is 4.98 Å². The third-order valence-corrected chi connectivity index (χ3v) is 6.40. The molecule has 2 fully saturated rings. The van der Waals surface area contributed by atoms with Gasteiger partial charge in [0.05, 0.1) is 23.9 Å². The SMILES string of the molecule is O=C(Cc1ccc(N2C(=O)C3C4C=CC(C4)C3C2=O)cc1)Nc1nccs1. The Morgan fingerprint density at radius 2 is 1.78 bits per heavy atom. The van der Waals surface area contributed by atoms with Gasteiger partial charge < -0.3 is 5.32 Å². The second kappa shape index (κ2) is 6.13. The van der Waals surface area contributed by atoms with Crippen LogP contribution in [0.1, 0.15) is 12.0 Å². The van der Waals surface area contributed by atoms with E-state index in [0.717, 1.165) is 12.0 Å². The van der Waals surface area contributed by atoms with Crippen LogP contribution in [-0.4, -0.2) is 22.7 Å². The fourth-order valence-corrected chi connectivity index (χ4v) is 5.10. The molecular formula is C20H17N3O3S. The van der Waals surface area contributed by atoms with E-state index < -0.39 is 0 Å². The molecule has 3 amide bonds. The highest BCUT2D eigenvalue weighted by Crippen LogP contribution is 2.53. The number of anilines is 2. The summed E-state index contributed by atoms with van der Waals surface area (Å²) in [6, 6.07) is 7.08. The highest BCUT2D eigenvalue weighted by atomic mass is 32.1. The highest BCUT2D eigenvalue weighted by Gasteiger charge is 2.59. The predicted octanol–water partition coefficient (Wildman–Crippen LogP) is 2.64. The van der Waals surface area contributed by atoms with Gasteiger partial charge in [-0.2, -0.15) is 0 Å². The number of benzene rings is 1. The first-order valence-corrected chi connectivity index (χ1v) is 9.84. The largest absolute Gasteiger partial charge is 0.302 e. The zero-order valence-electron chi connectivity index (χ0n) is 14.4. The summed E-state index contributed by atoms with van der Waals surface area (Å²) in [4.78, 5) is 43.1. The van der Waals surface area contributed by atoms with E-state index in [1.54, 1.807) is 35.8 Å². The number of aromatic nitrogens is 1. The average molecular weight is 379 g/mol. The molecule has 7 heteroatoms. The number of carbonyl (C=O) groups is 3. The molecule has 4 unspecified atom stereocenters. The van der Waals surface area contributed by atoms with Crippen molar-refractivity contribution >= 4 is 39.9 Å². The maximum atomic E-state index is 12.8. The molecule has 2 bridgehead atoms. The smallest absolute Gasteiger partial charge is 0.238 e. The molecule has 1 saturated carbocycles. The van der Waals surface area contributed by atoms with Gasteiger partial charge >= 0.3 is 0 Å². The van der Waals surface area contributed by atoms with Crippen LogP contribution in [-0.2, 0) is 20.8 Å². The Bertz CT molecular complexity index is 921. The molecule has 0 radical (unpaired) electrons. The Hall–Kier alpha value is -2.80. The molecule has 4 atom stereocenters. The summed E-state index contributed by atoms with van der Waals surface area (Å²) in [5.74, 6) is -0.312. The molecule has 0 spiro atoms. The van der Waals surface area contributed by atoms with Crippen LogP contribution in [0.2, 0.25) is 0 Å². The lowest BCUT2D eigenvalue weighted by Gasteiger charge is -2.17. The Labute approximate surface area is 159 Å². The molecule has 6 nitrogen and oxygen atoms in total. The molecule has 27 heavy (non-hydrogen) atoms. The fourth-order valence-electron chi connectivity index (χ4n) is 4.55. The molecular weight excluding hydrogens is 362 g/mol. The van der Waals surface area contributed by atoms with Crippen LogP contribution in [0.4, 0.5) is 10.8 Å². The van der Waals surface area contributed by atoms with E-state index in [1.807, 2.05) is 0 Å². The number of nitrogens with zero attached hydrogens (tertiary/aromatic N) is 2. The van der Waals surface area contributed by atoms with E-state index in [0.29, 0.717) is 10.8 Å². The van der Waals surface area contributed by atoms with E-state index >= 15 is 0 Å². The number of carbonyl (C=O) groups excluding carboxylic acids is 3. The van der Waals surface area contributed by atoms with Crippen LogP contribution in [0.15, 0.2) is 48.0 Å². The topological polar surface area (TPSA) is 79.4 Å². The first-order chi connectivity index (χ1) is 13.1. The van der Waals surface area contributed by atoms with Crippen molar-refractivity contribution in [2.45, 2.75) is 12.8 Å². The van der Waals surface area contributed by atoms with Gasteiger partial charge in [0.1, 0.15) is 0 Å². The summed E-state index contributed by atoms with van der Waals surface area (Å²) >= 11 is 1.37. The van der Waals surface area contributed by atoms with Gasteiger partial charge in [-0.25, -0.2) is 4.98 Å². The Morgan fingerprint density at radius 1 is 1.11 bits per heavy atom. The van der Waals surface area contributed by atoms with Crippen molar-refractivity contribution in [1.29, 1.82) is 0 Å². The molecule has 1 N–H and O–H groups in total. The van der Waals surface area contributed by atoms with Crippen molar-refractivity contribution in [3.8, 4) is 0 Å². The average Bonchev–Trinajstić information content (AvgIpc) is 3.42. The number of allylic oxidation sites excluding steroid dienone is 2. The first-order valence-electron chi connectivity index (χ1n) is 8.96. The second-order valence-corrected chi connectivity index (χ2v) is 8.13. The van der Waals surface area contributed by atoms with Gasteiger partial charge in [0.25, 0.3) is 0 Å². The Kier molecular flexibility index (Phi) is 3.72. The maximum absolute atomic E-state index is 12.8. The second-order valence-electron chi connectivity index (χ2n) is 7.24. The summed E-state index contributed by atoms with van der Waals surface area (Å²) < 4.78 is 0. The molecule has 2 aliphatic carbocycles. The minimum atomic E-state index is -0.198. The summed E-state index contributed by atoms with van der Waals surface area (Å²) in [6.45, 7) is 0. The van der Waals surface area contributed by atoms with Crippen LogP contribution in [0, 0.1) is 23.7 Å². The van der Waals surface area contributed by atoms with E-state index in [9.17, 15) is 14.4 Å². The molecule has 3 aliphatic rings. The van der Waals surface area contributed by atoms with Gasteiger partial charge in [0.15, 0.2) is 5.13 Å². The standard InChI is InChI=1S/C20H17N3O3S/c24-15(22-20-21-7-8-27-20)9-11-1-5-14(6-2-11)23-18(25)16-12-3-4-13(10-12)17(16)19(23)26/h1-8,12-13,16-17H,9-10H2,(H,21,22,24). The van der Waals surface area contributed by atoms with E-state index in [1.165, 1.54) is 16.2 Å². The maximum Gasteiger partial charge on any atom is 0.238 e. The molecule has 2 aromatic rings. The lowest BCUT2D eigenvalue weighted by atomic mass is 9.85. The molecule has 1 aromatic heterocycles. The lowest BCUT2D eigenvalue weighted by Crippen LogP contribution is -2.32. The monoisotopic (exact) mass is 379 g/mol. The van der Waals surface area contributed by atoms with Crippen LogP contribution >= 0.6 is 11.3 Å². The van der Waals surface area contributed by atoms with Crippen molar-refractivity contribution in [3.63, 3.8) is 0 Å². The van der Waals surface area contributed by atoms with Gasteiger partial charge in [-0.1, -0.05) is 24.3 Å². The van der Waals surface area contributed by atoms with Crippen molar-refractivity contribution in [2.24, 2.45) is 23.7 Å². The third kappa shape index (κ3) is 2.61. The minimum absolute atomic E-state index is 0.0869. The van der Waals surface area contributed by atoms with Gasteiger partial charge in [-0.3, -0.25) is 19.3 Å². The molecule has 2 heterocycles. The highest BCUT2D eigenvalue weighted by molar-refractivity contribution is 7.13. The van der Waals surface area contributed by atoms with Crippen LogP contribution in [0.5, 0.6) is 0 Å². The predicted molar refractivity (Wildman–Crippen MR) is 101 cm³/mol. The Morgan fingerprint density at radius 3 is 2.37 bits per heavy atom. The first kappa shape index (κ1) is 16.4. The van der Waals surface area contributed by atoms with Crippen molar-refractivity contribution in [3.05, 3.63) is 53.6 Å². The zero-order chi connectivity index (χ0) is 18.5. The number of fused-ring (bicyclic) bond motifs is 5. The molecule has 5 rings (SSSR count). The zero-order valence-corrected chi connectivity index (χ0v) is 15.2. The van der Waals surface area contributed by atoms with Gasteiger partial charge in [0, 0.05) is 11.6 Å². The van der Waals surface area contributed by atoms with Gasteiger partial charge in [-0.15, -0.1) is 11.3 Å². The minimum Gasteiger partial charge on any atom is -0.302 e. The Balaban J connectivity index is 1.30. The normalized spacial score (nSPS) is 28.1. The molecule has 1 saturated heterocycles. The number of amides is 3. The molecule has 136 valence electrons. The molecule has 1 aliphatic heterocycles. The fraction of sp³-hybridized carbons (Fsp3) is 0.300. The lowest BCUT2D eigenvalue weighted by molar-refractivity contribution is -0.123. The number of thiazole rings is 1. The number of nitrogens with one attached hydrogen (secondary N) is 1. The summed E-state index contributed by atoms with van der Waals surface area (Å²) in [7, 11) is 0. The van der Waals surface area contributed by atoms with E-state index in [-0.39, 0.29) is 47.8 Å². The number of hydrogen-bond acceptors (Lipinski definition) is 5. The molecule has 1 aromatic carbocycles. The van der Waals surface area contributed by atoms with Gasteiger partial charge in [0.2, 0.25) is 17.7 Å². The summed E-state index contributed by atoms with van der Waals surface area (Å²) in [5.41, 5.74) is 1.40. The number of hydrogen-bond donors (Lipinski definition) is 1. The third-order valence-electron chi connectivity index (χ3n) is 5.71. The number of imide groups is 1. The quantitative estimate of drug-likeness (QED) is 0.654.